The molecule has 0 unspecified atom stereocenters. The minimum Gasteiger partial charge on any atom is -0.465 e. The van der Waals surface area contributed by atoms with Crippen molar-refractivity contribution in [2.45, 2.75) is 6.61 Å². The molecule has 0 saturated heterocycles. The largest absolute Gasteiger partial charge is 0.465 e. The summed E-state index contributed by atoms with van der Waals surface area (Å²) in [6.45, 7) is -0.237. The quantitative estimate of drug-likeness (QED) is 0.775. The number of benzene rings is 2. The van der Waals surface area contributed by atoms with Crippen LogP contribution in [0.3, 0.4) is 0 Å². The van der Waals surface area contributed by atoms with Crippen LogP contribution >= 0.6 is 0 Å². The molecular formula is C15H13O3. The number of carbonyl (C=O) groups excluding carboxylic acids is 1. The van der Waals surface area contributed by atoms with E-state index in [1.807, 2.05) is 24.3 Å². The maximum absolute atomic E-state index is 11.7. The Labute approximate surface area is 106 Å². The van der Waals surface area contributed by atoms with Gasteiger partial charge in [-0.1, -0.05) is 42.5 Å². The van der Waals surface area contributed by atoms with Crippen LogP contribution in [0.25, 0.3) is 11.1 Å². The third-order valence-corrected chi connectivity index (χ3v) is 2.76. The molecule has 0 spiro atoms. The van der Waals surface area contributed by atoms with E-state index in [1.165, 1.54) is 7.11 Å². The zero-order valence-electron chi connectivity index (χ0n) is 10.1. The van der Waals surface area contributed by atoms with Gasteiger partial charge in [-0.25, -0.2) is 9.90 Å². The lowest BCUT2D eigenvalue weighted by Gasteiger charge is -2.08. The molecule has 0 aliphatic heterocycles. The van der Waals surface area contributed by atoms with Crippen molar-refractivity contribution in [3.63, 3.8) is 0 Å². The van der Waals surface area contributed by atoms with Crippen molar-refractivity contribution in [3.05, 3.63) is 59.7 Å². The first-order chi connectivity index (χ1) is 8.76. The lowest BCUT2D eigenvalue weighted by molar-refractivity contribution is 0.0601. The Morgan fingerprint density at radius 3 is 2.33 bits per heavy atom. The summed E-state index contributed by atoms with van der Waals surface area (Å²) in [6.07, 6.45) is 0. The predicted molar refractivity (Wildman–Crippen MR) is 67.6 cm³/mol. The van der Waals surface area contributed by atoms with E-state index < -0.39 is 0 Å². The molecule has 18 heavy (non-hydrogen) atoms. The molecule has 2 rings (SSSR count). The first-order valence-corrected chi connectivity index (χ1v) is 5.61. The molecule has 0 N–H and O–H groups in total. The standard InChI is InChI=1S/C15H13O3/c1-18-15(17)14-5-3-2-4-13(14)12-8-6-11(10-16)7-9-12/h2-9H,10H2,1H3. The van der Waals surface area contributed by atoms with Crippen molar-refractivity contribution in [1.29, 1.82) is 0 Å². The minimum absolute atomic E-state index is 0.237. The van der Waals surface area contributed by atoms with Crippen LogP contribution in [0.15, 0.2) is 48.5 Å². The van der Waals surface area contributed by atoms with Gasteiger partial charge in [-0.3, -0.25) is 0 Å². The zero-order chi connectivity index (χ0) is 13.0. The lowest BCUT2D eigenvalue weighted by Crippen LogP contribution is -2.03. The van der Waals surface area contributed by atoms with Crippen molar-refractivity contribution in [1.82, 2.24) is 0 Å². The molecule has 0 aliphatic rings. The number of hydrogen-bond donors (Lipinski definition) is 0. The lowest BCUT2D eigenvalue weighted by atomic mass is 9.99. The monoisotopic (exact) mass is 241 g/mol. The summed E-state index contributed by atoms with van der Waals surface area (Å²) in [5.41, 5.74) is 2.96. The smallest absolute Gasteiger partial charge is 0.338 e. The summed E-state index contributed by atoms with van der Waals surface area (Å²) in [5, 5.41) is 10.7. The van der Waals surface area contributed by atoms with Gasteiger partial charge in [0, 0.05) is 0 Å². The summed E-state index contributed by atoms with van der Waals surface area (Å²) in [7, 11) is 1.36. The molecule has 3 heteroatoms. The highest BCUT2D eigenvalue weighted by atomic mass is 16.5. The topological polar surface area (TPSA) is 46.2 Å². The van der Waals surface area contributed by atoms with Gasteiger partial charge in [0.15, 0.2) is 0 Å². The van der Waals surface area contributed by atoms with Crippen molar-refractivity contribution in [3.8, 4) is 11.1 Å². The maximum Gasteiger partial charge on any atom is 0.338 e. The first-order valence-electron chi connectivity index (χ1n) is 5.61. The molecule has 0 saturated carbocycles. The molecule has 0 heterocycles. The van der Waals surface area contributed by atoms with Gasteiger partial charge in [0.25, 0.3) is 0 Å². The van der Waals surface area contributed by atoms with Gasteiger partial charge in [-0.2, -0.15) is 0 Å². The number of rotatable bonds is 3. The predicted octanol–water partition coefficient (Wildman–Crippen LogP) is 3.07. The molecule has 0 fully saturated rings. The Bertz CT molecular complexity index is 544. The van der Waals surface area contributed by atoms with Crippen LogP contribution < -0.4 is 0 Å². The summed E-state index contributed by atoms with van der Waals surface area (Å²) in [5.74, 6) is -0.362. The number of esters is 1. The summed E-state index contributed by atoms with van der Waals surface area (Å²) < 4.78 is 4.75. The van der Waals surface area contributed by atoms with E-state index in [9.17, 15) is 9.90 Å². The zero-order valence-corrected chi connectivity index (χ0v) is 10.1. The third kappa shape index (κ3) is 2.41. The van der Waals surface area contributed by atoms with Crippen LogP contribution in [0.5, 0.6) is 0 Å². The normalized spacial score (nSPS) is 10.1. The number of hydrogen-bond acceptors (Lipinski definition) is 2. The van der Waals surface area contributed by atoms with Gasteiger partial charge in [0.1, 0.15) is 6.61 Å². The van der Waals surface area contributed by atoms with E-state index in [4.69, 9.17) is 4.74 Å². The van der Waals surface area contributed by atoms with Gasteiger partial charge in [0.2, 0.25) is 0 Å². The van der Waals surface area contributed by atoms with Crippen LogP contribution in [-0.4, -0.2) is 13.1 Å². The van der Waals surface area contributed by atoms with Crippen molar-refractivity contribution in [2.24, 2.45) is 0 Å². The molecule has 91 valence electrons. The average molecular weight is 241 g/mol. The van der Waals surface area contributed by atoms with Gasteiger partial charge in [-0.15, -0.1) is 0 Å². The Morgan fingerprint density at radius 1 is 1.06 bits per heavy atom. The fourth-order valence-corrected chi connectivity index (χ4v) is 1.80. The molecule has 0 bridgehead atoms. The van der Waals surface area contributed by atoms with Crippen molar-refractivity contribution >= 4 is 5.97 Å². The van der Waals surface area contributed by atoms with Crippen LogP contribution in [0, 0.1) is 0 Å². The van der Waals surface area contributed by atoms with Gasteiger partial charge < -0.3 is 4.74 Å². The SMILES string of the molecule is COC(=O)c1ccccc1-c1ccc(C[O])cc1. The molecule has 2 aromatic carbocycles. The molecule has 0 aromatic heterocycles. The van der Waals surface area contributed by atoms with E-state index in [-0.39, 0.29) is 12.6 Å². The number of carbonyl (C=O) groups is 1. The van der Waals surface area contributed by atoms with Crippen molar-refractivity contribution < 1.29 is 14.6 Å². The summed E-state index contributed by atoms with van der Waals surface area (Å²) >= 11 is 0. The van der Waals surface area contributed by atoms with E-state index in [0.29, 0.717) is 5.56 Å². The van der Waals surface area contributed by atoms with Crippen LogP contribution in [0.2, 0.25) is 0 Å². The van der Waals surface area contributed by atoms with Gasteiger partial charge in [-0.05, 0) is 22.8 Å². The maximum atomic E-state index is 11.7. The molecule has 3 nitrogen and oxygen atoms in total. The molecule has 0 amide bonds. The van der Waals surface area contributed by atoms with Crippen molar-refractivity contribution in [2.75, 3.05) is 7.11 Å². The highest BCUT2D eigenvalue weighted by Gasteiger charge is 2.12. The molecule has 0 atom stereocenters. The average Bonchev–Trinajstić information content (AvgIpc) is 2.46. The Morgan fingerprint density at radius 2 is 1.72 bits per heavy atom. The Kier molecular flexibility index (Phi) is 3.75. The highest BCUT2D eigenvalue weighted by Crippen LogP contribution is 2.24. The molecule has 0 aliphatic carbocycles. The Hall–Kier alpha value is -2.13. The fourth-order valence-electron chi connectivity index (χ4n) is 1.80. The second kappa shape index (κ2) is 5.47. The van der Waals surface area contributed by atoms with Crippen LogP contribution in [-0.2, 0) is 16.5 Å². The second-order valence-electron chi connectivity index (χ2n) is 3.88. The van der Waals surface area contributed by atoms with E-state index in [0.717, 1.165) is 16.7 Å². The first kappa shape index (κ1) is 12.3. The van der Waals surface area contributed by atoms with Gasteiger partial charge >= 0.3 is 5.97 Å². The van der Waals surface area contributed by atoms with Crippen LogP contribution in [0.1, 0.15) is 15.9 Å². The minimum atomic E-state index is -0.362. The number of methoxy groups -OCH3 is 1. The third-order valence-electron chi connectivity index (χ3n) is 2.76. The second-order valence-corrected chi connectivity index (χ2v) is 3.88. The fraction of sp³-hybridized carbons (Fsp3) is 0.133. The molecule has 2 aromatic rings. The van der Waals surface area contributed by atoms with E-state index in [2.05, 4.69) is 0 Å². The van der Waals surface area contributed by atoms with Crippen LogP contribution in [0.4, 0.5) is 0 Å². The highest BCUT2D eigenvalue weighted by molar-refractivity contribution is 5.97. The van der Waals surface area contributed by atoms with Gasteiger partial charge in [0.05, 0.1) is 12.7 Å². The van der Waals surface area contributed by atoms with E-state index in [1.54, 1.807) is 24.3 Å². The molecular weight excluding hydrogens is 228 g/mol. The van der Waals surface area contributed by atoms with E-state index >= 15 is 0 Å². The summed E-state index contributed by atoms with van der Waals surface area (Å²) in [6, 6.07) is 14.5. The number of ether oxygens (including phenoxy) is 1. The Balaban J connectivity index is 2.46. The molecule has 1 radical (unpaired) electrons. The summed E-state index contributed by atoms with van der Waals surface area (Å²) in [4.78, 5) is 11.7.